The Morgan fingerprint density at radius 1 is 1.25 bits per heavy atom. The molecule has 1 N–H and O–H groups in total. The highest BCUT2D eigenvalue weighted by Crippen LogP contribution is 2.00. The molecule has 0 saturated heterocycles. The summed E-state index contributed by atoms with van der Waals surface area (Å²) in [5.74, 6) is 0.242. The first-order chi connectivity index (χ1) is 7.22. The van der Waals surface area contributed by atoms with Crippen LogP contribution in [0.1, 0.15) is 27.2 Å². The van der Waals surface area contributed by atoms with Gasteiger partial charge >= 0.3 is 0 Å². The van der Waals surface area contributed by atoms with Crippen LogP contribution in [0.25, 0.3) is 0 Å². The molecule has 0 saturated carbocycles. The van der Waals surface area contributed by atoms with E-state index in [9.17, 15) is 8.42 Å². The van der Waals surface area contributed by atoms with E-state index in [0.717, 1.165) is 13.0 Å². The van der Waals surface area contributed by atoms with Gasteiger partial charge in [0.05, 0.1) is 5.75 Å². The predicted molar refractivity (Wildman–Crippen MR) is 69.6 cm³/mol. The molecule has 98 valence electrons. The van der Waals surface area contributed by atoms with Crippen molar-refractivity contribution < 1.29 is 8.42 Å². The van der Waals surface area contributed by atoms with Crippen molar-refractivity contribution in [2.24, 2.45) is 0 Å². The first kappa shape index (κ1) is 15.9. The molecule has 16 heavy (non-hydrogen) atoms. The van der Waals surface area contributed by atoms with Crippen molar-refractivity contribution in [2.45, 2.75) is 39.3 Å². The second kappa shape index (κ2) is 7.25. The topological polar surface area (TPSA) is 49.4 Å². The van der Waals surface area contributed by atoms with Gasteiger partial charge in [-0.25, -0.2) is 8.42 Å². The lowest BCUT2D eigenvalue weighted by Gasteiger charge is -2.24. The van der Waals surface area contributed by atoms with Crippen LogP contribution in [0.4, 0.5) is 0 Å². The van der Waals surface area contributed by atoms with Crippen molar-refractivity contribution in [3.8, 4) is 0 Å². The Morgan fingerprint density at radius 2 is 1.81 bits per heavy atom. The molecule has 0 aromatic rings. The lowest BCUT2D eigenvalue weighted by atomic mass is 10.2. The van der Waals surface area contributed by atoms with Crippen molar-refractivity contribution in [3.05, 3.63) is 0 Å². The van der Waals surface area contributed by atoms with Crippen LogP contribution in [0.5, 0.6) is 0 Å². The third-order valence-corrected chi connectivity index (χ3v) is 3.61. The molecule has 0 radical (unpaired) electrons. The normalized spacial score (nSPS) is 14.7. The molecule has 0 amide bonds. The molecule has 0 aliphatic rings. The van der Waals surface area contributed by atoms with Gasteiger partial charge in [0, 0.05) is 24.9 Å². The molecular weight excluding hydrogens is 224 g/mol. The number of rotatable bonds is 8. The molecule has 1 atom stereocenters. The molecule has 0 fully saturated rings. The molecule has 0 bridgehead atoms. The SMILES string of the molecule is CC(C)NCCC(C)N(C)CCS(C)(=O)=O. The standard InChI is InChI=1S/C11H26N2O2S/c1-10(2)12-7-6-11(3)13(4)8-9-16(5,14)15/h10-12H,6-9H2,1-5H3. The number of nitrogens with one attached hydrogen (secondary N) is 1. The van der Waals surface area contributed by atoms with Crippen molar-refractivity contribution >= 4 is 9.84 Å². The molecule has 0 aromatic carbocycles. The zero-order valence-electron chi connectivity index (χ0n) is 11.2. The lowest BCUT2D eigenvalue weighted by Crippen LogP contribution is -2.36. The summed E-state index contributed by atoms with van der Waals surface area (Å²) in [4.78, 5) is 2.10. The summed E-state index contributed by atoms with van der Waals surface area (Å²) in [6.45, 7) is 7.96. The van der Waals surface area contributed by atoms with E-state index in [4.69, 9.17) is 0 Å². The van der Waals surface area contributed by atoms with E-state index in [2.05, 4.69) is 31.0 Å². The van der Waals surface area contributed by atoms with Gasteiger partial charge in [-0.05, 0) is 26.9 Å². The summed E-state index contributed by atoms with van der Waals surface area (Å²) in [6.07, 6.45) is 2.32. The van der Waals surface area contributed by atoms with Crippen molar-refractivity contribution in [2.75, 3.05) is 32.1 Å². The Hall–Kier alpha value is -0.130. The number of hydrogen-bond acceptors (Lipinski definition) is 4. The van der Waals surface area contributed by atoms with Gasteiger partial charge in [0.15, 0.2) is 0 Å². The highest BCUT2D eigenvalue weighted by Gasteiger charge is 2.11. The van der Waals surface area contributed by atoms with Crippen molar-refractivity contribution in [3.63, 3.8) is 0 Å². The molecule has 0 aliphatic heterocycles. The van der Waals surface area contributed by atoms with Gasteiger partial charge < -0.3 is 10.2 Å². The molecule has 1 unspecified atom stereocenters. The average Bonchev–Trinajstić information content (AvgIpc) is 2.12. The van der Waals surface area contributed by atoms with E-state index in [-0.39, 0.29) is 5.75 Å². The molecule has 0 rings (SSSR count). The minimum Gasteiger partial charge on any atom is -0.314 e. The zero-order chi connectivity index (χ0) is 12.8. The maximum Gasteiger partial charge on any atom is 0.148 e. The van der Waals surface area contributed by atoms with E-state index in [1.807, 2.05) is 7.05 Å². The Kier molecular flexibility index (Phi) is 7.19. The summed E-state index contributed by atoms with van der Waals surface area (Å²) < 4.78 is 22.0. The van der Waals surface area contributed by atoms with Crippen LogP contribution in [0, 0.1) is 0 Å². The molecule has 0 aromatic heterocycles. The third-order valence-electron chi connectivity index (χ3n) is 2.68. The monoisotopic (exact) mass is 250 g/mol. The van der Waals surface area contributed by atoms with Crippen LogP contribution in [-0.2, 0) is 9.84 Å². The maximum absolute atomic E-state index is 11.0. The Labute approximate surface area is 100 Å². The predicted octanol–water partition coefficient (Wildman–Crippen LogP) is 0.739. The van der Waals surface area contributed by atoms with Crippen LogP contribution in [0.15, 0.2) is 0 Å². The van der Waals surface area contributed by atoms with E-state index in [1.165, 1.54) is 6.26 Å². The van der Waals surface area contributed by atoms with Gasteiger partial charge in [-0.1, -0.05) is 13.8 Å². The largest absolute Gasteiger partial charge is 0.314 e. The fourth-order valence-electron chi connectivity index (χ4n) is 1.33. The smallest absolute Gasteiger partial charge is 0.148 e. The first-order valence-corrected chi connectivity index (χ1v) is 7.89. The molecule has 0 aliphatic carbocycles. The van der Waals surface area contributed by atoms with Crippen LogP contribution >= 0.6 is 0 Å². The number of hydrogen-bond donors (Lipinski definition) is 1. The summed E-state index contributed by atoms with van der Waals surface area (Å²) in [5.41, 5.74) is 0. The maximum atomic E-state index is 11.0. The summed E-state index contributed by atoms with van der Waals surface area (Å²) in [5, 5.41) is 3.36. The summed E-state index contributed by atoms with van der Waals surface area (Å²) in [6, 6.07) is 0.918. The fourth-order valence-corrected chi connectivity index (χ4v) is 1.95. The highest BCUT2D eigenvalue weighted by atomic mass is 32.2. The Bertz CT molecular complexity index is 276. The molecule has 0 heterocycles. The molecule has 5 heteroatoms. The third kappa shape index (κ3) is 9.12. The number of sulfone groups is 1. The van der Waals surface area contributed by atoms with E-state index >= 15 is 0 Å². The van der Waals surface area contributed by atoms with Crippen molar-refractivity contribution in [1.82, 2.24) is 10.2 Å². The van der Waals surface area contributed by atoms with Gasteiger partial charge in [-0.3, -0.25) is 0 Å². The van der Waals surface area contributed by atoms with E-state index in [0.29, 0.717) is 18.6 Å². The molecular formula is C11H26N2O2S. The van der Waals surface area contributed by atoms with Gasteiger partial charge in [-0.2, -0.15) is 0 Å². The highest BCUT2D eigenvalue weighted by molar-refractivity contribution is 7.90. The zero-order valence-corrected chi connectivity index (χ0v) is 12.0. The van der Waals surface area contributed by atoms with Gasteiger partial charge in [-0.15, -0.1) is 0 Å². The molecule has 0 spiro atoms. The quantitative estimate of drug-likeness (QED) is 0.690. The second-order valence-corrected chi connectivity index (χ2v) is 7.12. The van der Waals surface area contributed by atoms with Crippen LogP contribution < -0.4 is 5.32 Å². The van der Waals surface area contributed by atoms with Gasteiger partial charge in [0.1, 0.15) is 9.84 Å². The van der Waals surface area contributed by atoms with Crippen LogP contribution in [0.3, 0.4) is 0 Å². The fraction of sp³-hybridized carbons (Fsp3) is 1.00. The van der Waals surface area contributed by atoms with Crippen LogP contribution in [-0.4, -0.2) is 57.5 Å². The summed E-state index contributed by atoms with van der Waals surface area (Å²) in [7, 11) is -0.867. The van der Waals surface area contributed by atoms with Gasteiger partial charge in [0.2, 0.25) is 0 Å². The first-order valence-electron chi connectivity index (χ1n) is 5.83. The Balaban J connectivity index is 3.77. The average molecular weight is 250 g/mol. The lowest BCUT2D eigenvalue weighted by molar-refractivity contribution is 0.256. The van der Waals surface area contributed by atoms with Crippen molar-refractivity contribution in [1.29, 1.82) is 0 Å². The Morgan fingerprint density at radius 3 is 2.25 bits per heavy atom. The van der Waals surface area contributed by atoms with Crippen LogP contribution in [0.2, 0.25) is 0 Å². The summed E-state index contributed by atoms with van der Waals surface area (Å²) >= 11 is 0. The van der Waals surface area contributed by atoms with E-state index in [1.54, 1.807) is 0 Å². The van der Waals surface area contributed by atoms with Gasteiger partial charge in [0.25, 0.3) is 0 Å². The van der Waals surface area contributed by atoms with E-state index < -0.39 is 9.84 Å². The molecule has 4 nitrogen and oxygen atoms in total. The number of nitrogens with zero attached hydrogens (tertiary/aromatic N) is 1. The minimum atomic E-state index is -2.84. The minimum absolute atomic E-state index is 0.242. The second-order valence-electron chi connectivity index (χ2n) is 4.86.